The van der Waals surface area contributed by atoms with Gasteiger partial charge in [-0.15, -0.1) is 0 Å². The maximum atomic E-state index is 5.88. The molecule has 2 N–H and O–H groups in total. The van der Waals surface area contributed by atoms with Crippen LogP contribution in [0.1, 0.15) is 18.4 Å². The van der Waals surface area contributed by atoms with Gasteiger partial charge in [-0.2, -0.15) is 0 Å². The molecule has 1 fully saturated rings. The second-order valence-electron chi connectivity index (χ2n) is 4.48. The van der Waals surface area contributed by atoms with Crippen molar-refractivity contribution in [2.75, 3.05) is 23.8 Å². The molecule has 0 spiro atoms. The molecule has 0 radical (unpaired) electrons. The Balaban J connectivity index is 2.09. The smallest absolute Gasteiger partial charge is 0.144 e. The molecule has 3 rings (SSSR count). The Morgan fingerprint density at radius 3 is 3.20 bits per heavy atom. The highest BCUT2D eigenvalue weighted by Crippen LogP contribution is 2.40. The molecule has 2 aliphatic heterocycles. The Bertz CT molecular complexity index is 403. The summed E-state index contributed by atoms with van der Waals surface area (Å²) < 4.78 is 5.75. The fraction of sp³-hybridized carbons (Fsp3) is 0.500. The lowest BCUT2D eigenvalue weighted by molar-refractivity contribution is 0.272. The summed E-state index contributed by atoms with van der Waals surface area (Å²) in [5.74, 6) is 0.955. The maximum Gasteiger partial charge on any atom is 0.144 e. The topological polar surface area (TPSA) is 38.5 Å². The minimum Gasteiger partial charge on any atom is -0.489 e. The number of nitrogens with two attached hydrogens (primary N) is 1. The molecule has 1 atom stereocenters. The third-order valence-corrected chi connectivity index (χ3v) is 3.47. The van der Waals surface area contributed by atoms with E-state index in [1.54, 1.807) is 0 Å². The van der Waals surface area contributed by atoms with Crippen molar-refractivity contribution in [2.45, 2.75) is 25.8 Å². The molecular formula is C12H16N2O. The maximum absolute atomic E-state index is 5.88. The molecule has 0 aliphatic carbocycles. The highest BCUT2D eigenvalue weighted by Gasteiger charge is 2.31. The summed E-state index contributed by atoms with van der Waals surface area (Å²) in [5.41, 5.74) is 9.08. The highest BCUT2D eigenvalue weighted by molar-refractivity contribution is 5.69. The van der Waals surface area contributed by atoms with Crippen LogP contribution in [0.4, 0.5) is 11.4 Å². The number of nitrogens with zero attached hydrogens (tertiary/aromatic N) is 1. The summed E-state index contributed by atoms with van der Waals surface area (Å²) in [7, 11) is 0. The van der Waals surface area contributed by atoms with Gasteiger partial charge in [0.2, 0.25) is 0 Å². The normalized spacial score (nSPS) is 23.3. The van der Waals surface area contributed by atoms with E-state index in [4.69, 9.17) is 10.5 Å². The fourth-order valence-corrected chi connectivity index (χ4v) is 2.54. The van der Waals surface area contributed by atoms with Crippen LogP contribution in [0, 0.1) is 6.92 Å². The van der Waals surface area contributed by atoms with Crippen LogP contribution in [-0.2, 0) is 0 Å². The van der Waals surface area contributed by atoms with E-state index in [9.17, 15) is 0 Å². The lowest BCUT2D eigenvalue weighted by atomic mass is 10.1. The number of nitrogen functional groups attached to an aromatic ring is 1. The average Bonchev–Trinajstić information content (AvgIpc) is 2.68. The minimum atomic E-state index is 0.584. The van der Waals surface area contributed by atoms with Crippen molar-refractivity contribution in [3.05, 3.63) is 17.7 Å². The zero-order valence-corrected chi connectivity index (χ0v) is 8.99. The third-order valence-electron chi connectivity index (χ3n) is 3.47. The van der Waals surface area contributed by atoms with Crippen LogP contribution in [0.2, 0.25) is 0 Å². The van der Waals surface area contributed by atoms with Crippen molar-refractivity contribution < 1.29 is 4.74 Å². The van der Waals surface area contributed by atoms with E-state index in [1.165, 1.54) is 18.5 Å². The number of rotatable bonds is 0. The zero-order chi connectivity index (χ0) is 10.4. The molecule has 0 aromatic heterocycles. The number of anilines is 2. The summed E-state index contributed by atoms with van der Waals surface area (Å²) in [6.45, 7) is 4.02. The molecule has 3 nitrogen and oxygen atoms in total. The zero-order valence-electron chi connectivity index (χ0n) is 8.99. The van der Waals surface area contributed by atoms with Crippen LogP contribution >= 0.6 is 0 Å². The fourth-order valence-electron chi connectivity index (χ4n) is 2.54. The number of fused-ring (bicyclic) bond motifs is 3. The first kappa shape index (κ1) is 8.89. The van der Waals surface area contributed by atoms with Crippen LogP contribution in [0.3, 0.4) is 0 Å². The lowest BCUT2D eigenvalue weighted by Gasteiger charge is -2.34. The molecule has 3 heteroatoms. The van der Waals surface area contributed by atoms with E-state index in [0.29, 0.717) is 6.04 Å². The van der Waals surface area contributed by atoms with Crippen LogP contribution in [0.5, 0.6) is 5.75 Å². The monoisotopic (exact) mass is 204 g/mol. The van der Waals surface area contributed by atoms with Gasteiger partial charge in [-0.3, -0.25) is 0 Å². The van der Waals surface area contributed by atoms with Gasteiger partial charge in [0.15, 0.2) is 0 Å². The predicted octanol–water partition coefficient (Wildman–Crippen LogP) is 1.94. The molecule has 0 bridgehead atoms. The van der Waals surface area contributed by atoms with Gasteiger partial charge >= 0.3 is 0 Å². The average molecular weight is 204 g/mol. The van der Waals surface area contributed by atoms with Crippen molar-refractivity contribution in [3.63, 3.8) is 0 Å². The van der Waals surface area contributed by atoms with Crippen molar-refractivity contribution >= 4 is 11.4 Å². The number of hydrogen-bond acceptors (Lipinski definition) is 3. The second-order valence-corrected chi connectivity index (χ2v) is 4.48. The van der Waals surface area contributed by atoms with E-state index in [2.05, 4.69) is 17.9 Å². The molecule has 2 aliphatic rings. The molecule has 1 aromatic carbocycles. The molecule has 15 heavy (non-hydrogen) atoms. The van der Waals surface area contributed by atoms with Crippen LogP contribution < -0.4 is 15.4 Å². The summed E-state index contributed by atoms with van der Waals surface area (Å²) >= 11 is 0. The Morgan fingerprint density at radius 2 is 2.33 bits per heavy atom. The first-order valence-corrected chi connectivity index (χ1v) is 5.55. The number of benzene rings is 1. The van der Waals surface area contributed by atoms with Crippen molar-refractivity contribution in [1.29, 1.82) is 0 Å². The van der Waals surface area contributed by atoms with Gasteiger partial charge in [0.05, 0.1) is 11.7 Å². The summed E-state index contributed by atoms with van der Waals surface area (Å²) in [6, 6.07) is 4.70. The quantitative estimate of drug-likeness (QED) is 0.656. The summed E-state index contributed by atoms with van der Waals surface area (Å²) in [6.07, 6.45) is 2.53. The Kier molecular flexibility index (Phi) is 1.81. The second kappa shape index (κ2) is 3.05. The van der Waals surface area contributed by atoms with E-state index in [1.807, 2.05) is 6.07 Å². The first-order valence-electron chi connectivity index (χ1n) is 5.55. The number of ether oxygens (including phenoxy) is 1. The summed E-state index contributed by atoms with van der Waals surface area (Å²) in [5, 5.41) is 0. The molecule has 0 amide bonds. The van der Waals surface area contributed by atoms with Gasteiger partial charge in [0.25, 0.3) is 0 Å². The van der Waals surface area contributed by atoms with Gasteiger partial charge < -0.3 is 15.4 Å². The van der Waals surface area contributed by atoms with Crippen LogP contribution in [-0.4, -0.2) is 19.2 Å². The Hall–Kier alpha value is -1.38. The largest absolute Gasteiger partial charge is 0.489 e. The minimum absolute atomic E-state index is 0.584. The van der Waals surface area contributed by atoms with Gasteiger partial charge in [-0.25, -0.2) is 0 Å². The molecule has 1 aromatic rings. The Morgan fingerprint density at radius 1 is 1.47 bits per heavy atom. The van der Waals surface area contributed by atoms with E-state index in [-0.39, 0.29) is 0 Å². The van der Waals surface area contributed by atoms with Gasteiger partial charge in [-0.05, 0) is 31.4 Å². The van der Waals surface area contributed by atoms with Crippen LogP contribution in [0.25, 0.3) is 0 Å². The first-order chi connectivity index (χ1) is 7.25. The van der Waals surface area contributed by atoms with E-state index >= 15 is 0 Å². The van der Waals surface area contributed by atoms with Gasteiger partial charge in [0, 0.05) is 18.3 Å². The molecule has 2 heterocycles. The number of aryl methyl sites for hydroxylation is 1. The number of hydrogen-bond donors (Lipinski definition) is 1. The van der Waals surface area contributed by atoms with Crippen LogP contribution in [0.15, 0.2) is 12.1 Å². The predicted molar refractivity (Wildman–Crippen MR) is 61.5 cm³/mol. The third kappa shape index (κ3) is 1.26. The highest BCUT2D eigenvalue weighted by atomic mass is 16.5. The molecule has 1 saturated heterocycles. The lowest BCUT2D eigenvalue weighted by Crippen LogP contribution is -2.38. The van der Waals surface area contributed by atoms with E-state index in [0.717, 1.165) is 30.2 Å². The van der Waals surface area contributed by atoms with Gasteiger partial charge in [-0.1, -0.05) is 0 Å². The molecule has 0 saturated carbocycles. The van der Waals surface area contributed by atoms with Crippen molar-refractivity contribution in [3.8, 4) is 5.75 Å². The van der Waals surface area contributed by atoms with Crippen molar-refractivity contribution in [2.24, 2.45) is 0 Å². The van der Waals surface area contributed by atoms with E-state index < -0.39 is 0 Å². The molecular weight excluding hydrogens is 188 g/mol. The van der Waals surface area contributed by atoms with Gasteiger partial charge in [0.1, 0.15) is 12.4 Å². The standard InChI is InChI=1S/C12H16N2O/c1-8-5-11-12(6-10(8)13)15-7-9-3-2-4-14(9)11/h5-6,9H,2-4,7,13H2,1H3. The molecule has 80 valence electrons. The van der Waals surface area contributed by atoms with Crippen molar-refractivity contribution in [1.82, 2.24) is 0 Å². The molecule has 1 unspecified atom stereocenters. The summed E-state index contributed by atoms with van der Waals surface area (Å²) in [4.78, 5) is 2.46. The Labute approximate surface area is 89.8 Å². The SMILES string of the molecule is Cc1cc2c(cc1N)OCC1CCCN21.